The van der Waals surface area contributed by atoms with E-state index in [2.05, 4.69) is 9.13 Å². The molecule has 34 heavy (non-hydrogen) atoms. The lowest BCUT2D eigenvalue weighted by molar-refractivity contribution is -0.664. The first-order valence-electron chi connectivity index (χ1n) is 14.3. The first-order valence-corrected chi connectivity index (χ1v) is 11.8. The number of aromatic nitrogens is 4. The van der Waals surface area contributed by atoms with E-state index in [4.69, 9.17) is 6.85 Å². The van der Waals surface area contributed by atoms with Crippen LogP contribution in [0, 0.1) is 20.7 Å². The molecule has 0 bridgehead atoms. The van der Waals surface area contributed by atoms with Gasteiger partial charge in [0.1, 0.15) is 17.4 Å². The first kappa shape index (κ1) is 17.2. The van der Waals surface area contributed by atoms with Crippen molar-refractivity contribution in [2.45, 2.75) is 60.2 Å². The summed E-state index contributed by atoms with van der Waals surface area (Å²) in [6.07, 6.45) is 3.95. The van der Waals surface area contributed by atoms with E-state index in [0.717, 1.165) is 50.3 Å². The lowest BCUT2D eigenvalue weighted by Crippen LogP contribution is -2.33. The number of imidazole rings is 1. The van der Waals surface area contributed by atoms with Gasteiger partial charge < -0.3 is 4.57 Å². The highest BCUT2D eigenvalue weighted by molar-refractivity contribution is 6.10. The zero-order valence-electron chi connectivity index (χ0n) is 26.4. The van der Waals surface area contributed by atoms with Gasteiger partial charge in [-0.3, -0.25) is 0 Å². The second kappa shape index (κ2) is 7.90. The molecule has 2 aromatic carbocycles. The maximum absolute atomic E-state index is 9.05. The van der Waals surface area contributed by atoms with Gasteiger partial charge in [0, 0.05) is 30.4 Å². The quantitative estimate of drug-likeness (QED) is 0.261. The molecule has 3 aromatic heterocycles. The zero-order chi connectivity index (χ0) is 28.8. The number of aryl methyl sites for hydroxylation is 4. The Hall–Kier alpha value is -3.27. The number of fused-ring (bicyclic) bond motifs is 3. The molecule has 0 radical (unpaired) electrons. The van der Waals surface area contributed by atoms with Crippen LogP contribution in [0.15, 0.2) is 48.8 Å². The highest BCUT2D eigenvalue weighted by Crippen LogP contribution is 2.38. The molecule has 0 aliphatic rings. The number of hydrogen-bond donors (Lipinski definition) is 0. The predicted octanol–water partition coefficient (Wildman–Crippen LogP) is 6.91. The van der Waals surface area contributed by atoms with Crippen molar-refractivity contribution in [3.05, 3.63) is 76.7 Å². The fourth-order valence-corrected chi connectivity index (χ4v) is 5.21. The molecule has 0 fully saturated rings. The maximum atomic E-state index is 9.05. The van der Waals surface area contributed by atoms with Crippen LogP contribution in [-0.2, 0) is 14.1 Å². The van der Waals surface area contributed by atoms with E-state index in [1.165, 1.54) is 0 Å². The molecule has 4 heteroatoms. The van der Waals surface area contributed by atoms with E-state index >= 15 is 0 Å². The van der Waals surface area contributed by atoms with Crippen molar-refractivity contribution in [3.63, 3.8) is 0 Å². The van der Waals surface area contributed by atoms with Crippen LogP contribution in [-0.4, -0.2) is 13.7 Å². The van der Waals surface area contributed by atoms with E-state index in [-0.39, 0.29) is 0 Å². The molecule has 3 heterocycles. The molecular formula is C30H37N4+. The molecule has 0 aliphatic carbocycles. The maximum Gasteiger partial charge on any atom is 0.375 e. The average molecular weight is 459 g/mol. The molecule has 0 unspecified atom stereocenters. The number of rotatable bonds is 4. The minimum atomic E-state index is -2.27. The van der Waals surface area contributed by atoms with E-state index in [1.807, 2.05) is 114 Å². The van der Waals surface area contributed by atoms with Crippen molar-refractivity contribution in [1.82, 2.24) is 13.7 Å². The van der Waals surface area contributed by atoms with Crippen molar-refractivity contribution >= 4 is 21.9 Å². The summed E-state index contributed by atoms with van der Waals surface area (Å²) in [5.41, 5.74) is 6.23. The standard InChI is InChI=1S/C30H37N4/c1-18(2)24-16-20(5)17-25(19(3)4)28(24)33-15-14-31(8)30(33)34-26-13-11-10-12-23(26)27-21(6)22(7)32(9)29(27)34/h10-19H,1-9H3/q+1/i6D3,18D,19D. The monoisotopic (exact) mass is 458 g/mol. The van der Waals surface area contributed by atoms with Crippen LogP contribution in [0.25, 0.3) is 33.6 Å². The summed E-state index contributed by atoms with van der Waals surface area (Å²) >= 11 is 0. The summed E-state index contributed by atoms with van der Waals surface area (Å²) in [7, 11) is 3.89. The largest absolute Gasteiger partial charge is 0.375 e. The van der Waals surface area contributed by atoms with Crippen molar-refractivity contribution in [3.8, 4) is 11.6 Å². The summed E-state index contributed by atoms with van der Waals surface area (Å²) < 4.78 is 51.4. The normalized spacial score (nSPS) is 15.4. The van der Waals surface area contributed by atoms with Gasteiger partial charge in [-0.2, -0.15) is 4.57 Å². The highest BCUT2D eigenvalue weighted by atomic mass is 15.3. The first-order chi connectivity index (χ1) is 17.9. The molecule has 176 valence electrons. The molecular weight excluding hydrogens is 416 g/mol. The second-order valence-corrected chi connectivity index (χ2v) is 9.86. The third-order valence-corrected chi connectivity index (χ3v) is 7.03. The van der Waals surface area contributed by atoms with Gasteiger partial charge in [-0.25, -0.2) is 9.13 Å². The number of hydrogen-bond acceptors (Lipinski definition) is 0. The Labute approximate surface area is 210 Å². The van der Waals surface area contributed by atoms with Crippen LogP contribution in [0.3, 0.4) is 0 Å². The minimum Gasteiger partial charge on any atom is -0.321 e. The fourth-order valence-electron chi connectivity index (χ4n) is 5.21. The topological polar surface area (TPSA) is 18.7 Å². The Balaban J connectivity index is 2.01. The number of benzene rings is 2. The van der Waals surface area contributed by atoms with Gasteiger partial charge in [0.2, 0.25) is 0 Å². The molecule has 5 aromatic rings. The van der Waals surface area contributed by atoms with Gasteiger partial charge in [-0.15, -0.1) is 0 Å². The third kappa shape index (κ3) is 3.08. The number of nitrogens with zero attached hydrogens (tertiary/aromatic N) is 4. The lowest BCUT2D eigenvalue weighted by Gasteiger charge is -2.20. The summed E-state index contributed by atoms with van der Waals surface area (Å²) in [5, 5.41) is 1.60. The fraction of sp³-hybridized carbons (Fsp3) is 0.367. The molecule has 4 nitrogen and oxygen atoms in total. The average Bonchev–Trinajstić information content (AvgIpc) is 3.42. The van der Waals surface area contributed by atoms with E-state index in [1.54, 1.807) is 0 Å². The molecule has 0 spiro atoms. The Bertz CT molecular complexity index is 1720. The molecule has 5 rings (SSSR count). The van der Waals surface area contributed by atoms with Gasteiger partial charge in [0.25, 0.3) is 0 Å². The van der Waals surface area contributed by atoms with Crippen LogP contribution in [0.5, 0.6) is 0 Å². The van der Waals surface area contributed by atoms with Crippen molar-refractivity contribution in [1.29, 1.82) is 0 Å². The number of para-hydroxylation sites is 1. The summed E-state index contributed by atoms with van der Waals surface area (Å²) in [4.78, 5) is 0. The van der Waals surface area contributed by atoms with Gasteiger partial charge in [0.05, 0.1) is 13.2 Å². The van der Waals surface area contributed by atoms with Crippen LogP contribution in [0.2, 0.25) is 0 Å². The molecule has 0 saturated carbocycles. The summed E-state index contributed by atoms with van der Waals surface area (Å²) in [5.74, 6) is -1.06. The molecule has 0 saturated heterocycles. The Morgan fingerprint density at radius 2 is 1.65 bits per heavy atom. The molecule has 0 amide bonds. The minimum absolute atomic E-state index is 0.368. The van der Waals surface area contributed by atoms with Crippen LogP contribution < -0.4 is 4.57 Å². The van der Waals surface area contributed by atoms with Crippen molar-refractivity contribution in [2.75, 3.05) is 0 Å². The molecule has 0 atom stereocenters. The van der Waals surface area contributed by atoms with E-state index in [9.17, 15) is 0 Å². The molecule has 0 aliphatic heterocycles. The van der Waals surface area contributed by atoms with Gasteiger partial charge in [-0.05, 0) is 55.2 Å². The van der Waals surface area contributed by atoms with Gasteiger partial charge in [0.15, 0.2) is 5.65 Å². The van der Waals surface area contributed by atoms with Crippen LogP contribution in [0.4, 0.5) is 0 Å². The predicted molar refractivity (Wildman–Crippen MR) is 143 cm³/mol. The second-order valence-electron chi connectivity index (χ2n) is 9.86. The van der Waals surface area contributed by atoms with Crippen LogP contribution >= 0.6 is 0 Å². The van der Waals surface area contributed by atoms with Gasteiger partial charge in [-0.1, -0.05) is 63.6 Å². The zero-order valence-corrected chi connectivity index (χ0v) is 21.4. The van der Waals surface area contributed by atoms with E-state index in [0.29, 0.717) is 11.3 Å². The SMILES string of the molecule is [2H]C([2H])([2H])c1c(C)n(C)c2c1c1ccccc1n2-c1n(-c2c(C([2H])(C)C)cc(C)cc2C([2H])(C)C)cc[n+]1C. The highest BCUT2D eigenvalue weighted by Gasteiger charge is 2.31. The Morgan fingerprint density at radius 3 is 2.26 bits per heavy atom. The van der Waals surface area contributed by atoms with Crippen molar-refractivity contribution < 1.29 is 11.4 Å². The lowest BCUT2D eigenvalue weighted by atomic mass is 9.90. The summed E-state index contributed by atoms with van der Waals surface area (Å²) in [6.45, 7) is 9.11. The Kier molecular flexibility index (Phi) is 4.00. The third-order valence-electron chi connectivity index (χ3n) is 7.03. The van der Waals surface area contributed by atoms with Crippen molar-refractivity contribution in [2.24, 2.45) is 14.1 Å². The van der Waals surface area contributed by atoms with Crippen LogP contribution in [0.1, 0.15) is 74.3 Å². The summed E-state index contributed by atoms with van der Waals surface area (Å²) in [6, 6.07) is 12.0. The van der Waals surface area contributed by atoms with Gasteiger partial charge >= 0.3 is 5.95 Å². The van der Waals surface area contributed by atoms with E-state index < -0.39 is 18.6 Å². The molecule has 0 N–H and O–H groups in total. The Morgan fingerprint density at radius 1 is 1.00 bits per heavy atom. The smallest absolute Gasteiger partial charge is 0.321 e.